The van der Waals surface area contributed by atoms with Gasteiger partial charge in [0.15, 0.2) is 0 Å². The first-order valence-electron chi connectivity index (χ1n) is 4.61. The third kappa shape index (κ3) is 6.01. The number of hydrogen-bond acceptors (Lipinski definition) is 4. The third-order valence-corrected chi connectivity index (χ3v) is 2.55. The van der Waals surface area contributed by atoms with E-state index in [1.54, 1.807) is 18.7 Å². The summed E-state index contributed by atoms with van der Waals surface area (Å²) >= 11 is 1.73. The summed E-state index contributed by atoms with van der Waals surface area (Å²) in [6.07, 6.45) is 2.06. The van der Waals surface area contributed by atoms with Gasteiger partial charge in [0.1, 0.15) is 0 Å². The second kappa shape index (κ2) is 8.17. The maximum Gasteiger partial charge on any atom is 0.293 e. The zero-order chi connectivity index (χ0) is 11.7. The zero-order valence-corrected chi connectivity index (χ0v) is 10.1. The lowest BCUT2D eigenvalue weighted by Crippen LogP contribution is -1.85. The highest BCUT2D eigenvalue weighted by Crippen LogP contribution is 2.21. The van der Waals surface area contributed by atoms with Gasteiger partial charge >= 0.3 is 0 Å². The Morgan fingerprint density at radius 2 is 2.20 bits per heavy atom. The lowest BCUT2D eigenvalue weighted by atomic mass is 10.2. The molecule has 0 aliphatic heterocycles. The van der Waals surface area contributed by atoms with Gasteiger partial charge in [0, 0.05) is 10.6 Å². The fourth-order valence-electron chi connectivity index (χ4n) is 0.905. The molecule has 0 aliphatic carbocycles. The second-order valence-electron chi connectivity index (χ2n) is 2.78. The van der Waals surface area contributed by atoms with E-state index in [4.69, 9.17) is 5.73 Å². The topological polar surface area (TPSA) is 52.3 Å². The molecule has 84 valence electrons. The van der Waals surface area contributed by atoms with Crippen LogP contribution in [0.3, 0.4) is 0 Å². The van der Waals surface area contributed by atoms with Gasteiger partial charge in [-0.3, -0.25) is 4.79 Å². The molecule has 0 unspecified atom stereocenters. The smallest absolute Gasteiger partial charge is 0.293 e. The largest absolute Gasteiger partial charge is 0.468 e. The average Bonchev–Trinajstić information content (AvgIpc) is 2.24. The van der Waals surface area contributed by atoms with Crippen molar-refractivity contribution in [1.29, 1.82) is 0 Å². The van der Waals surface area contributed by atoms with E-state index in [0.717, 1.165) is 5.69 Å². The first-order valence-corrected chi connectivity index (χ1v) is 5.83. The SMILES string of the molecule is CCOC=O.CSc1cc(N)ccc1C. The fraction of sp³-hybridized carbons (Fsp3) is 0.364. The number of ether oxygens (including phenoxy) is 1. The van der Waals surface area contributed by atoms with Crippen LogP contribution in [0.2, 0.25) is 0 Å². The summed E-state index contributed by atoms with van der Waals surface area (Å²) in [4.78, 5) is 10.4. The van der Waals surface area contributed by atoms with E-state index in [1.807, 2.05) is 18.2 Å². The normalized spacial score (nSPS) is 8.73. The van der Waals surface area contributed by atoms with Crippen molar-refractivity contribution >= 4 is 23.9 Å². The first-order chi connectivity index (χ1) is 7.15. The van der Waals surface area contributed by atoms with Gasteiger partial charge in [0.25, 0.3) is 6.47 Å². The average molecular weight is 227 g/mol. The number of carbonyl (C=O) groups excluding carboxylic acids is 1. The molecule has 1 aromatic rings. The van der Waals surface area contributed by atoms with Crippen molar-refractivity contribution in [3.8, 4) is 0 Å². The summed E-state index contributed by atoms with van der Waals surface area (Å²) < 4.78 is 4.15. The van der Waals surface area contributed by atoms with Crippen LogP contribution in [0.5, 0.6) is 0 Å². The van der Waals surface area contributed by atoms with Crippen LogP contribution in [0.15, 0.2) is 23.1 Å². The lowest BCUT2D eigenvalue weighted by Gasteiger charge is -2.01. The van der Waals surface area contributed by atoms with Crippen molar-refractivity contribution in [3.05, 3.63) is 23.8 Å². The Morgan fingerprint density at radius 1 is 1.53 bits per heavy atom. The van der Waals surface area contributed by atoms with E-state index < -0.39 is 0 Å². The number of hydrogen-bond donors (Lipinski definition) is 1. The highest BCUT2D eigenvalue weighted by Gasteiger charge is 1.94. The molecule has 0 saturated heterocycles. The molecule has 15 heavy (non-hydrogen) atoms. The van der Waals surface area contributed by atoms with Crippen molar-refractivity contribution in [3.63, 3.8) is 0 Å². The standard InChI is InChI=1S/C8H11NS.C3H6O2/c1-6-3-4-7(9)5-8(6)10-2;1-2-5-3-4/h3-5H,9H2,1-2H3;3H,2H2,1H3. The molecule has 0 bridgehead atoms. The van der Waals surface area contributed by atoms with Crippen LogP contribution in [0.1, 0.15) is 12.5 Å². The van der Waals surface area contributed by atoms with Crippen LogP contribution in [-0.4, -0.2) is 19.3 Å². The van der Waals surface area contributed by atoms with Crippen LogP contribution < -0.4 is 5.73 Å². The van der Waals surface area contributed by atoms with Crippen molar-refractivity contribution in [2.24, 2.45) is 0 Å². The van der Waals surface area contributed by atoms with Gasteiger partial charge in [0.05, 0.1) is 6.61 Å². The van der Waals surface area contributed by atoms with E-state index in [1.165, 1.54) is 10.5 Å². The summed E-state index contributed by atoms with van der Waals surface area (Å²) in [7, 11) is 0. The third-order valence-electron chi connectivity index (χ3n) is 1.67. The molecule has 0 aromatic heterocycles. The summed E-state index contributed by atoms with van der Waals surface area (Å²) in [5.74, 6) is 0. The molecule has 0 spiro atoms. The molecule has 1 rings (SSSR count). The van der Waals surface area contributed by atoms with Crippen LogP contribution in [-0.2, 0) is 9.53 Å². The van der Waals surface area contributed by atoms with E-state index in [-0.39, 0.29) is 0 Å². The monoisotopic (exact) mass is 227 g/mol. The Hall–Kier alpha value is -1.16. The molecule has 2 N–H and O–H groups in total. The van der Waals surface area contributed by atoms with E-state index in [0.29, 0.717) is 13.1 Å². The minimum atomic E-state index is 0.431. The quantitative estimate of drug-likeness (QED) is 0.489. The van der Waals surface area contributed by atoms with Crippen LogP contribution in [0, 0.1) is 6.92 Å². The Morgan fingerprint density at radius 3 is 2.53 bits per heavy atom. The summed E-state index contributed by atoms with van der Waals surface area (Å²) in [5, 5.41) is 0. The van der Waals surface area contributed by atoms with Crippen LogP contribution in [0.4, 0.5) is 5.69 Å². The zero-order valence-electron chi connectivity index (χ0n) is 9.32. The molecule has 0 aliphatic rings. The highest BCUT2D eigenvalue weighted by atomic mass is 32.2. The van der Waals surface area contributed by atoms with Crippen molar-refractivity contribution < 1.29 is 9.53 Å². The first kappa shape index (κ1) is 13.8. The summed E-state index contributed by atoms with van der Waals surface area (Å²) in [6, 6.07) is 5.97. The molecule has 1 aromatic carbocycles. The summed E-state index contributed by atoms with van der Waals surface area (Å²) in [6.45, 7) is 4.75. The predicted molar refractivity (Wildman–Crippen MR) is 65.1 cm³/mol. The molecular formula is C11H17NO2S. The second-order valence-corrected chi connectivity index (χ2v) is 3.63. The van der Waals surface area contributed by atoms with Gasteiger partial charge in [-0.25, -0.2) is 0 Å². The lowest BCUT2D eigenvalue weighted by molar-refractivity contribution is -0.128. The molecule has 0 atom stereocenters. The number of nitrogens with two attached hydrogens (primary N) is 1. The number of aryl methyl sites for hydroxylation is 1. The van der Waals surface area contributed by atoms with Crippen molar-refractivity contribution in [2.75, 3.05) is 18.6 Å². The Balaban J connectivity index is 0.000000336. The molecule has 0 amide bonds. The van der Waals surface area contributed by atoms with E-state index in [2.05, 4.69) is 17.9 Å². The van der Waals surface area contributed by atoms with Crippen molar-refractivity contribution in [2.45, 2.75) is 18.7 Å². The number of thioether (sulfide) groups is 1. The fourth-order valence-corrected chi connectivity index (χ4v) is 1.55. The van der Waals surface area contributed by atoms with E-state index in [9.17, 15) is 4.79 Å². The van der Waals surface area contributed by atoms with Gasteiger partial charge in [0.2, 0.25) is 0 Å². The summed E-state index contributed by atoms with van der Waals surface area (Å²) in [5.41, 5.74) is 7.73. The Bertz CT molecular complexity index is 303. The van der Waals surface area contributed by atoms with Crippen molar-refractivity contribution in [1.82, 2.24) is 0 Å². The number of benzene rings is 1. The Kier molecular flexibility index (Phi) is 7.54. The number of nitrogen functional groups attached to an aromatic ring is 1. The van der Waals surface area contributed by atoms with Crippen LogP contribution >= 0.6 is 11.8 Å². The maximum absolute atomic E-state index is 9.18. The minimum Gasteiger partial charge on any atom is -0.468 e. The van der Waals surface area contributed by atoms with Gasteiger partial charge in [-0.2, -0.15) is 0 Å². The van der Waals surface area contributed by atoms with E-state index >= 15 is 0 Å². The minimum absolute atomic E-state index is 0.431. The molecule has 3 nitrogen and oxygen atoms in total. The van der Waals surface area contributed by atoms with Gasteiger partial charge in [-0.05, 0) is 37.8 Å². The maximum atomic E-state index is 9.18. The van der Waals surface area contributed by atoms with Gasteiger partial charge in [-0.1, -0.05) is 6.07 Å². The highest BCUT2D eigenvalue weighted by molar-refractivity contribution is 7.98. The Labute approximate surface area is 95.0 Å². The number of anilines is 1. The molecule has 0 fully saturated rings. The molecular weight excluding hydrogens is 210 g/mol. The molecule has 4 heteroatoms. The predicted octanol–water partition coefficient (Wildman–Crippen LogP) is 2.48. The number of rotatable bonds is 3. The van der Waals surface area contributed by atoms with Gasteiger partial charge in [-0.15, -0.1) is 11.8 Å². The number of carbonyl (C=O) groups is 1. The molecule has 0 radical (unpaired) electrons. The van der Waals surface area contributed by atoms with Crippen LogP contribution in [0.25, 0.3) is 0 Å². The molecule has 0 heterocycles. The van der Waals surface area contributed by atoms with Gasteiger partial charge < -0.3 is 10.5 Å². The molecule has 0 saturated carbocycles.